The number of hydrogen-bond donors (Lipinski definition) is 0. The van der Waals surface area contributed by atoms with E-state index in [1.54, 1.807) is 19.3 Å². The van der Waals surface area contributed by atoms with Gasteiger partial charge in [-0.15, -0.1) is 11.3 Å². The molecule has 0 bridgehead atoms. The predicted molar refractivity (Wildman–Crippen MR) is 209 cm³/mol. The Morgan fingerprint density at radius 1 is 1.02 bits per heavy atom. The Morgan fingerprint density at radius 2 is 1.65 bits per heavy atom. The molecule has 1 aromatic rings. The molecule has 1 rings (SSSR count). The van der Waals surface area contributed by atoms with E-state index in [-0.39, 0.29) is 11.6 Å². The zero-order valence-electron chi connectivity index (χ0n) is 31.8. The van der Waals surface area contributed by atoms with Gasteiger partial charge in [0.2, 0.25) is 0 Å². The maximum atomic E-state index is 12.3. The fourth-order valence-electron chi connectivity index (χ4n) is 4.22. The molecule has 0 saturated carbocycles. The third kappa shape index (κ3) is 21.3. The molecule has 0 aliphatic heterocycles. The highest BCUT2D eigenvalue weighted by atomic mass is 32.1. The third-order valence-electron chi connectivity index (χ3n) is 6.55. The van der Waals surface area contributed by atoms with Gasteiger partial charge in [0.25, 0.3) is 0 Å². The van der Waals surface area contributed by atoms with Crippen LogP contribution in [0, 0.1) is 0 Å². The number of Topliss-reactive ketones (excluding diaryl/α,β-unsaturated/α-hetero) is 2. The summed E-state index contributed by atoms with van der Waals surface area (Å²) in [5, 5.41) is 2.60. The maximum absolute atomic E-state index is 12.3. The number of methoxy groups -OCH3 is 1. The molecule has 1 atom stereocenters. The van der Waals surface area contributed by atoms with E-state index in [0.717, 1.165) is 42.7 Å². The molecule has 0 aliphatic rings. The summed E-state index contributed by atoms with van der Waals surface area (Å²) in [5.74, 6) is 0.508. The number of unbranched alkanes of at least 4 members (excludes halogenated alkanes) is 1. The molecule has 0 aliphatic carbocycles. The van der Waals surface area contributed by atoms with Crippen molar-refractivity contribution >= 4 is 41.3 Å². The number of thiazole rings is 1. The molecule has 0 fully saturated rings. The van der Waals surface area contributed by atoms with Crippen LogP contribution in [0.1, 0.15) is 139 Å². The number of ether oxygens (including phenoxy) is 1. The van der Waals surface area contributed by atoms with Gasteiger partial charge in [-0.3, -0.25) is 9.59 Å². The molecule has 0 amide bonds. The van der Waals surface area contributed by atoms with Gasteiger partial charge in [-0.25, -0.2) is 4.98 Å². The summed E-state index contributed by atoms with van der Waals surface area (Å²) in [6, 6.07) is 0. The average molecular weight is 653 g/mol. The zero-order valence-corrected chi connectivity index (χ0v) is 32.7. The van der Waals surface area contributed by atoms with Gasteiger partial charge in [-0.2, -0.15) is 0 Å². The van der Waals surface area contributed by atoms with Crippen molar-refractivity contribution < 1.29 is 14.3 Å². The lowest BCUT2D eigenvalue weighted by molar-refractivity contribution is -0.113. The van der Waals surface area contributed by atoms with E-state index in [0.29, 0.717) is 22.0 Å². The van der Waals surface area contributed by atoms with Crippen LogP contribution in [0.25, 0.3) is 11.1 Å². The standard InChI is InChI=1S/C26H33NO2S.C9H20BO.C3H8.C2H6/c1-8-12-15-23(18(5)13-9-2)22(11-4)25-17-30-26(27-25)24(20(7)29)16-21(14-10-3)19(6)28;1-4-6-7-10-9(5-2)8-11-3;1-3-2;1-2/h8,11-12,14-17H,1,9-10,13H2,2-7H3;9H,4-8H2,1-3H3;3H2,1-2H3;1-2H3/b15-12-,21-14+,22-11+,23-18-,24-16+;;;. The monoisotopic (exact) mass is 652 g/mol. The molecule has 1 radical (unpaired) electrons. The van der Waals surface area contributed by atoms with Crippen LogP contribution in [0.2, 0.25) is 12.1 Å². The minimum atomic E-state index is -0.106. The lowest BCUT2D eigenvalue weighted by atomic mass is 9.60. The summed E-state index contributed by atoms with van der Waals surface area (Å²) >= 11 is 1.42. The van der Waals surface area contributed by atoms with Gasteiger partial charge in [-0.05, 0) is 58.0 Å². The predicted octanol–water partition coefficient (Wildman–Crippen LogP) is 12.5. The van der Waals surface area contributed by atoms with E-state index in [4.69, 9.17) is 9.72 Å². The zero-order chi connectivity index (χ0) is 35.9. The Hall–Kier alpha value is -2.57. The second kappa shape index (κ2) is 32.4. The topological polar surface area (TPSA) is 56.3 Å². The molecule has 0 N–H and O–H groups in total. The SMILES string of the molecule is C=C\C=C/C(=C(\C)CCC)C(=C\C)/c1csc(/C(=C/C(=C\CC)C(C)=O)C(C)=O)n1.CC.CCC.CCCC[B]C(CC)COC. The van der Waals surface area contributed by atoms with Gasteiger partial charge in [-0.1, -0.05) is 136 Å². The van der Waals surface area contributed by atoms with Crippen LogP contribution in [-0.4, -0.2) is 37.5 Å². The van der Waals surface area contributed by atoms with Crippen molar-refractivity contribution in [1.29, 1.82) is 0 Å². The highest BCUT2D eigenvalue weighted by Crippen LogP contribution is 2.32. The lowest BCUT2D eigenvalue weighted by Crippen LogP contribution is -2.08. The molecule has 0 spiro atoms. The highest BCUT2D eigenvalue weighted by molar-refractivity contribution is 7.11. The number of allylic oxidation sites excluding steroid dienone is 11. The summed E-state index contributed by atoms with van der Waals surface area (Å²) in [7, 11) is 4.17. The van der Waals surface area contributed by atoms with Gasteiger partial charge < -0.3 is 4.74 Å². The molecule has 0 aromatic carbocycles. The van der Waals surface area contributed by atoms with Crippen molar-refractivity contribution in [3.63, 3.8) is 0 Å². The second-order valence-electron chi connectivity index (χ2n) is 10.7. The van der Waals surface area contributed by atoms with Crippen LogP contribution in [0.15, 0.2) is 65.1 Å². The van der Waals surface area contributed by atoms with Crippen molar-refractivity contribution in [3.8, 4) is 0 Å². The summed E-state index contributed by atoms with van der Waals surface area (Å²) in [5.41, 5.74) is 5.27. The molecule has 1 unspecified atom stereocenters. The molecular formula is C40H67BNO3S. The Labute approximate surface area is 289 Å². The number of carbonyl (C=O) groups excluding carboxylic acids is 2. The molecule has 46 heavy (non-hydrogen) atoms. The third-order valence-corrected chi connectivity index (χ3v) is 7.42. The van der Waals surface area contributed by atoms with Gasteiger partial charge in [0.05, 0.1) is 11.3 Å². The van der Waals surface area contributed by atoms with Crippen molar-refractivity contribution in [3.05, 3.63) is 75.8 Å². The first-order chi connectivity index (χ1) is 22.1. The van der Waals surface area contributed by atoms with Crippen LogP contribution in [0.3, 0.4) is 0 Å². The van der Waals surface area contributed by atoms with E-state index in [1.807, 2.05) is 45.2 Å². The Balaban J connectivity index is -0.000000959. The summed E-state index contributed by atoms with van der Waals surface area (Å²) in [4.78, 5) is 29.1. The lowest BCUT2D eigenvalue weighted by Gasteiger charge is -2.11. The minimum absolute atomic E-state index is 0.0588. The van der Waals surface area contributed by atoms with E-state index >= 15 is 0 Å². The Bertz CT molecular complexity index is 1120. The van der Waals surface area contributed by atoms with E-state index < -0.39 is 0 Å². The Morgan fingerprint density at radius 3 is 2.09 bits per heavy atom. The fraction of sp³-hybridized carbons (Fsp3) is 0.575. The van der Waals surface area contributed by atoms with Crippen LogP contribution < -0.4 is 0 Å². The van der Waals surface area contributed by atoms with Crippen molar-refractivity contribution in [1.82, 2.24) is 4.98 Å². The van der Waals surface area contributed by atoms with E-state index in [2.05, 4.69) is 67.6 Å². The Kier molecular flexibility index (Phi) is 33.7. The number of aromatic nitrogens is 1. The maximum Gasteiger partial charge on any atom is 0.162 e. The number of hydrogen-bond acceptors (Lipinski definition) is 5. The van der Waals surface area contributed by atoms with Gasteiger partial charge in [0, 0.05) is 30.2 Å². The first kappa shape index (κ1) is 47.8. The molecule has 6 heteroatoms. The van der Waals surface area contributed by atoms with Crippen LogP contribution in [0.5, 0.6) is 0 Å². The normalized spacial score (nSPS) is 12.8. The molecule has 259 valence electrons. The average Bonchev–Trinajstić information content (AvgIpc) is 3.51. The quantitative estimate of drug-likeness (QED) is 0.0685. The smallest absolute Gasteiger partial charge is 0.162 e. The number of carbonyl (C=O) groups is 2. The first-order valence-corrected chi connectivity index (χ1v) is 18.3. The fourth-order valence-corrected chi connectivity index (χ4v) is 5.10. The molecule has 1 heterocycles. The van der Waals surface area contributed by atoms with Gasteiger partial charge in [0.15, 0.2) is 11.6 Å². The van der Waals surface area contributed by atoms with Crippen LogP contribution in [-0.2, 0) is 14.3 Å². The van der Waals surface area contributed by atoms with Gasteiger partial charge >= 0.3 is 0 Å². The first-order valence-electron chi connectivity index (χ1n) is 17.4. The number of nitrogens with zero attached hydrogens (tertiary/aromatic N) is 1. The van der Waals surface area contributed by atoms with Crippen molar-refractivity contribution in [2.24, 2.45) is 0 Å². The molecule has 4 nitrogen and oxygen atoms in total. The molecule has 0 saturated heterocycles. The van der Waals surface area contributed by atoms with Crippen LogP contribution in [0.4, 0.5) is 0 Å². The van der Waals surface area contributed by atoms with Crippen molar-refractivity contribution in [2.75, 3.05) is 13.7 Å². The summed E-state index contributed by atoms with van der Waals surface area (Å²) in [6.07, 6.45) is 20.4. The van der Waals surface area contributed by atoms with Gasteiger partial charge in [0.1, 0.15) is 12.3 Å². The number of rotatable bonds is 18. The molecule has 1 aromatic heterocycles. The summed E-state index contributed by atoms with van der Waals surface area (Å²) in [6.45, 7) is 28.6. The van der Waals surface area contributed by atoms with Crippen LogP contribution >= 0.6 is 11.3 Å². The highest BCUT2D eigenvalue weighted by Gasteiger charge is 2.17. The van der Waals surface area contributed by atoms with E-state index in [9.17, 15) is 9.59 Å². The summed E-state index contributed by atoms with van der Waals surface area (Å²) < 4.78 is 5.09. The van der Waals surface area contributed by atoms with E-state index in [1.165, 1.54) is 62.8 Å². The largest absolute Gasteiger partial charge is 0.385 e. The molecular weight excluding hydrogens is 585 g/mol. The van der Waals surface area contributed by atoms with Crippen molar-refractivity contribution in [2.45, 2.75) is 140 Å². The minimum Gasteiger partial charge on any atom is -0.385 e. The number of ketones is 2. The second-order valence-corrected chi connectivity index (χ2v) is 11.6.